The molecule has 2 N–H and O–H groups in total. The molecule has 2 heterocycles. The maximum Gasteiger partial charge on any atom is 0.191 e. The lowest BCUT2D eigenvalue weighted by molar-refractivity contribution is 0.206. The second-order valence-electron chi connectivity index (χ2n) is 7.59. The van der Waals surface area contributed by atoms with Crippen LogP contribution in [0.15, 0.2) is 4.99 Å². The first-order chi connectivity index (χ1) is 11.3. The monoisotopic (exact) mass is 321 g/mol. The van der Waals surface area contributed by atoms with Crippen LogP contribution in [-0.4, -0.2) is 74.2 Å². The molecule has 0 spiro atoms. The van der Waals surface area contributed by atoms with E-state index in [-0.39, 0.29) is 0 Å². The zero-order valence-electron chi connectivity index (χ0n) is 15.1. The first-order valence-corrected chi connectivity index (χ1v) is 9.72. The quantitative estimate of drug-likeness (QED) is 0.575. The van der Waals surface area contributed by atoms with Gasteiger partial charge >= 0.3 is 0 Å². The summed E-state index contributed by atoms with van der Waals surface area (Å²) < 4.78 is 0. The van der Waals surface area contributed by atoms with Crippen molar-refractivity contribution in [1.29, 1.82) is 0 Å². The molecule has 1 saturated carbocycles. The van der Waals surface area contributed by atoms with Crippen molar-refractivity contribution >= 4 is 5.96 Å². The minimum Gasteiger partial charge on any atom is -0.356 e. The standard InChI is InChI=1S/C18H35N5/c1-3-9-22-10-7-16(8-11-22)21-18(19-2)20-13-15-6-12-23(14-15)17-4-5-17/h15-17H,3-14H2,1-2H3,(H2,19,20,21). The molecule has 2 aliphatic heterocycles. The number of hydrogen-bond acceptors (Lipinski definition) is 3. The van der Waals surface area contributed by atoms with E-state index in [2.05, 4.69) is 32.3 Å². The van der Waals surface area contributed by atoms with E-state index in [0.29, 0.717) is 6.04 Å². The molecule has 0 aromatic rings. The van der Waals surface area contributed by atoms with Crippen LogP contribution in [0.3, 0.4) is 0 Å². The van der Waals surface area contributed by atoms with Crippen LogP contribution in [0.25, 0.3) is 0 Å². The molecule has 1 aliphatic carbocycles. The summed E-state index contributed by atoms with van der Waals surface area (Å²) in [7, 11) is 1.90. The van der Waals surface area contributed by atoms with Crippen LogP contribution in [-0.2, 0) is 0 Å². The number of rotatable bonds is 6. The summed E-state index contributed by atoms with van der Waals surface area (Å²) in [6.07, 6.45) is 7.94. The van der Waals surface area contributed by atoms with E-state index < -0.39 is 0 Å². The Morgan fingerprint density at radius 3 is 2.52 bits per heavy atom. The van der Waals surface area contributed by atoms with Gasteiger partial charge in [0, 0.05) is 45.3 Å². The van der Waals surface area contributed by atoms with Gasteiger partial charge in [0.05, 0.1) is 0 Å². The van der Waals surface area contributed by atoms with Crippen molar-refractivity contribution in [3.05, 3.63) is 0 Å². The van der Waals surface area contributed by atoms with E-state index >= 15 is 0 Å². The fourth-order valence-electron chi connectivity index (χ4n) is 4.05. The Labute approximate surface area is 141 Å². The number of likely N-dealkylation sites (tertiary alicyclic amines) is 2. The topological polar surface area (TPSA) is 42.9 Å². The van der Waals surface area contributed by atoms with Crippen LogP contribution in [0.5, 0.6) is 0 Å². The molecule has 1 atom stereocenters. The fraction of sp³-hybridized carbons (Fsp3) is 0.944. The molecule has 0 aromatic carbocycles. The number of nitrogens with one attached hydrogen (secondary N) is 2. The van der Waals surface area contributed by atoms with Crippen molar-refractivity contribution in [2.45, 2.75) is 57.5 Å². The molecule has 2 saturated heterocycles. The van der Waals surface area contributed by atoms with E-state index in [1.165, 1.54) is 71.2 Å². The smallest absolute Gasteiger partial charge is 0.191 e. The first kappa shape index (κ1) is 17.0. The average molecular weight is 322 g/mol. The van der Waals surface area contributed by atoms with Gasteiger partial charge in [-0.3, -0.25) is 4.99 Å². The molecule has 1 unspecified atom stereocenters. The minimum absolute atomic E-state index is 0.584. The van der Waals surface area contributed by atoms with Crippen LogP contribution in [0, 0.1) is 5.92 Å². The molecule has 3 fully saturated rings. The van der Waals surface area contributed by atoms with Crippen LogP contribution in [0.4, 0.5) is 0 Å². The van der Waals surface area contributed by atoms with E-state index in [4.69, 9.17) is 0 Å². The summed E-state index contributed by atoms with van der Waals surface area (Å²) in [4.78, 5) is 9.70. The normalized spacial score (nSPS) is 28.3. The predicted molar refractivity (Wildman–Crippen MR) is 97.0 cm³/mol. The third-order valence-electron chi connectivity index (χ3n) is 5.63. The maximum absolute atomic E-state index is 4.43. The van der Waals surface area contributed by atoms with E-state index in [9.17, 15) is 0 Å². The van der Waals surface area contributed by atoms with Gasteiger partial charge < -0.3 is 20.4 Å². The molecule has 3 rings (SSSR count). The summed E-state index contributed by atoms with van der Waals surface area (Å²) in [5.41, 5.74) is 0. The highest BCUT2D eigenvalue weighted by Gasteiger charge is 2.34. The predicted octanol–water partition coefficient (Wildman–Crippen LogP) is 1.51. The van der Waals surface area contributed by atoms with Crippen molar-refractivity contribution < 1.29 is 0 Å². The fourth-order valence-corrected chi connectivity index (χ4v) is 4.05. The van der Waals surface area contributed by atoms with Gasteiger partial charge in [-0.15, -0.1) is 0 Å². The Balaban J connectivity index is 1.34. The lowest BCUT2D eigenvalue weighted by atomic mass is 10.1. The number of piperidine rings is 1. The van der Waals surface area contributed by atoms with Crippen LogP contribution in [0.1, 0.15) is 45.4 Å². The largest absolute Gasteiger partial charge is 0.356 e. The van der Waals surface area contributed by atoms with Gasteiger partial charge in [-0.25, -0.2) is 0 Å². The van der Waals surface area contributed by atoms with Crippen molar-refractivity contribution in [1.82, 2.24) is 20.4 Å². The number of aliphatic imine (C=N–C) groups is 1. The number of guanidine groups is 1. The molecule has 5 nitrogen and oxygen atoms in total. The molecule has 0 radical (unpaired) electrons. The molecule has 0 aromatic heterocycles. The third-order valence-corrected chi connectivity index (χ3v) is 5.63. The van der Waals surface area contributed by atoms with Gasteiger partial charge in [0.25, 0.3) is 0 Å². The van der Waals surface area contributed by atoms with Crippen molar-refractivity contribution in [2.24, 2.45) is 10.9 Å². The molecular formula is C18H35N5. The van der Waals surface area contributed by atoms with Crippen LogP contribution in [0.2, 0.25) is 0 Å². The average Bonchev–Trinajstić information content (AvgIpc) is 3.32. The Hall–Kier alpha value is -0.810. The van der Waals surface area contributed by atoms with Crippen molar-refractivity contribution in [3.8, 4) is 0 Å². The lowest BCUT2D eigenvalue weighted by Crippen LogP contribution is -2.49. The van der Waals surface area contributed by atoms with E-state index in [0.717, 1.165) is 24.5 Å². The van der Waals surface area contributed by atoms with Crippen molar-refractivity contribution in [2.75, 3.05) is 46.3 Å². The first-order valence-electron chi connectivity index (χ1n) is 9.72. The summed E-state index contributed by atoms with van der Waals surface area (Å²) >= 11 is 0. The summed E-state index contributed by atoms with van der Waals surface area (Å²) in [5, 5.41) is 7.21. The molecule has 3 aliphatic rings. The zero-order chi connectivity index (χ0) is 16.1. The van der Waals surface area contributed by atoms with E-state index in [1.54, 1.807) is 0 Å². The number of nitrogens with zero attached hydrogens (tertiary/aromatic N) is 3. The summed E-state index contributed by atoms with van der Waals surface area (Å²) in [6, 6.07) is 1.51. The second-order valence-corrected chi connectivity index (χ2v) is 7.59. The van der Waals surface area contributed by atoms with Gasteiger partial charge in [-0.2, -0.15) is 0 Å². The summed E-state index contributed by atoms with van der Waals surface area (Å²) in [6.45, 7) is 9.62. The van der Waals surface area contributed by atoms with Gasteiger partial charge in [-0.1, -0.05) is 6.92 Å². The van der Waals surface area contributed by atoms with Crippen molar-refractivity contribution in [3.63, 3.8) is 0 Å². The molecular weight excluding hydrogens is 286 g/mol. The number of hydrogen-bond donors (Lipinski definition) is 2. The maximum atomic E-state index is 4.43. The molecule has 23 heavy (non-hydrogen) atoms. The zero-order valence-corrected chi connectivity index (χ0v) is 15.1. The highest BCUT2D eigenvalue weighted by Crippen LogP contribution is 2.31. The SMILES string of the molecule is CCCN1CCC(NC(=NC)NCC2CCN(C3CC3)C2)CC1. The summed E-state index contributed by atoms with van der Waals surface area (Å²) in [5.74, 6) is 1.80. The highest BCUT2D eigenvalue weighted by atomic mass is 15.2. The Bertz CT molecular complexity index is 385. The minimum atomic E-state index is 0.584. The van der Waals surface area contributed by atoms with Gasteiger partial charge in [0.2, 0.25) is 0 Å². The van der Waals surface area contributed by atoms with Gasteiger partial charge in [-0.05, 0) is 57.5 Å². The Kier molecular flexibility index (Phi) is 6.17. The Morgan fingerprint density at radius 1 is 1.09 bits per heavy atom. The van der Waals surface area contributed by atoms with Gasteiger partial charge in [0.15, 0.2) is 5.96 Å². The third kappa shape index (κ3) is 5.08. The van der Waals surface area contributed by atoms with Crippen LogP contribution < -0.4 is 10.6 Å². The molecule has 0 amide bonds. The molecule has 5 heteroatoms. The molecule has 0 bridgehead atoms. The second kappa shape index (κ2) is 8.34. The lowest BCUT2D eigenvalue weighted by Gasteiger charge is -2.33. The Morgan fingerprint density at radius 2 is 1.87 bits per heavy atom. The molecule has 132 valence electrons. The van der Waals surface area contributed by atoms with Crippen LogP contribution >= 0.6 is 0 Å². The van der Waals surface area contributed by atoms with Gasteiger partial charge in [0.1, 0.15) is 0 Å². The van der Waals surface area contributed by atoms with E-state index in [1.807, 2.05) is 7.05 Å². The highest BCUT2D eigenvalue weighted by molar-refractivity contribution is 5.79.